The van der Waals surface area contributed by atoms with E-state index in [4.69, 9.17) is 5.21 Å². The number of aryl methyl sites for hydroxylation is 1. The fourth-order valence-corrected chi connectivity index (χ4v) is 2.72. The maximum Gasteiger partial charge on any atom is 0.123 e. The van der Waals surface area contributed by atoms with Gasteiger partial charge in [0, 0.05) is 0 Å². The third kappa shape index (κ3) is 2.37. The molecule has 1 aliphatic heterocycles. The van der Waals surface area contributed by atoms with Gasteiger partial charge in [-0.2, -0.15) is 0 Å². The number of benzene rings is 1. The van der Waals surface area contributed by atoms with Crippen LogP contribution in [0.25, 0.3) is 0 Å². The van der Waals surface area contributed by atoms with Crippen LogP contribution in [0.15, 0.2) is 40.0 Å². The topological polar surface area (TPSA) is 45.0 Å². The van der Waals surface area contributed by atoms with Gasteiger partial charge in [-0.1, -0.05) is 36.4 Å². The number of hydrogen-bond donors (Lipinski definition) is 1. The summed E-state index contributed by atoms with van der Waals surface area (Å²) in [4.78, 5) is 4.47. The maximum absolute atomic E-state index is 8.91. The SMILES string of the molecule is CCC1=CC(c2c(C)cccc2P)N=C/C1=N/O. The van der Waals surface area contributed by atoms with Crippen molar-refractivity contribution >= 4 is 26.5 Å². The minimum Gasteiger partial charge on any atom is -0.410 e. The van der Waals surface area contributed by atoms with Gasteiger partial charge in [0.05, 0.1) is 12.3 Å². The van der Waals surface area contributed by atoms with Gasteiger partial charge >= 0.3 is 0 Å². The predicted molar refractivity (Wildman–Crippen MR) is 79.4 cm³/mol. The molecule has 0 saturated carbocycles. The van der Waals surface area contributed by atoms with Crippen molar-refractivity contribution in [2.45, 2.75) is 26.3 Å². The molecule has 1 aromatic carbocycles. The van der Waals surface area contributed by atoms with Gasteiger partial charge in [0.1, 0.15) is 5.71 Å². The highest BCUT2D eigenvalue weighted by atomic mass is 31.0. The Morgan fingerprint density at radius 3 is 2.83 bits per heavy atom. The van der Waals surface area contributed by atoms with E-state index in [1.165, 1.54) is 11.1 Å². The van der Waals surface area contributed by atoms with Crippen molar-refractivity contribution in [1.82, 2.24) is 0 Å². The van der Waals surface area contributed by atoms with Crippen LogP contribution in [0, 0.1) is 6.92 Å². The van der Waals surface area contributed by atoms with Crippen LogP contribution in [0.3, 0.4) is 0 Å². The van der Waals surface area contributed by atoms with Gasteiger partial charge in [-0.25, -0.2) is 0 Å². The first kappa shape index (κ1) is 13.0. The van der Waals surface area contributed by atoms with Crippen LogP contribution in [0.2, 0.25) is 0 Å². The Labute approximate surface area is 110 Å². The molecule has 2 atom stereocenters. The number of aliphatic imine (C=N–C) groups is 1. The molecule has 4 heteroatoms. The molecular weight excluding hydrogens is 243 g/mol. The van der Waals surface area contributed by atoms with Gasteiger partial charge in [0.2, 0.25) is 0 Å². The van der Waals surface area contributed by atoms with Crippen LogP contribution in [0.4, 0.5) is 0 Å². The molecule has 1 heterocycles. The van der Waals surface area contributed by atoms with Gasteiger partial charge in [-0.3, -0.25) is 4.99 Å². The Balaban J connectivity index is 2.45. The molecule has 0 spiro atoms. The number of nitrogens with zero attached hydrogens (tertiary/aromatic N) is 2. The van der Waals surface area contributed by atoms with E-state index in [-0.39, 0.29) is 6.04 Å². The average Bonchev–Trinajstić information content (AvgIpc) is 2.38. The third-order valence-electron chi connectivity index (χ3n) is 3.19. The first-order valence-electron chi connectivity index (χ1n) is 5.98. The average molecular weight is 260 g/mol. The summed E-state index contributed by atoms with van der Waals surface area (Å²) in [5.74, 6) is 0. The highest BCUT2D eigenvalue weighted by Crippen LogP contribution is 2.27. The third-order valence-corrected chi connectivity index (χ3v) is 3.69. The number of oxime groups is 1. The van der Waals surface area contributed by atoms with Crippen molar-refractivity contribution in [2.24, 2.45) is 10.1 Å². The van der Waals surface area contributed by atoms with Crippen molar-refractivity contribution in [1.29, 1.82) is 0 Å². The molecule has 0 aromatic heterocycles. The van der Waals surface area contributed by atoms with Crippen LogP contribution in [0.5, 0.6) is 0 Å². The summed E-state index contributed by atoms with van der Waals surface area (Å²) in [5.41, 5.74) is 4.03. The number of allylic oxidation sites excluding steroid dienone is 1. The molecule has 2 rings (SSSR count). The number of hydrogen-bond acceptors (Lipinski definition) is 3. The Morgan fingerprint density at radius 2 is 2.22 bits per heavy atom. The van der Waals surface area contributed by atoms with Gasteiger partial charge in [-0.15, -0.1) is 9.24 Å². The summed E-state index contributed by atoms with van der Waals surface area (Å²) >= 11 is 0. The second kappa shape index (κ2) is 5.45. The van der Waals surface area contributed by atoms with Gasteiger partial charge in [0.15, 0.2) is 0 Å². The molecule has 18 heavy (non-hydrogen) atoms. The van der Waals surface area contributed by atoms with Crippen LogP contribution in [-0.2, 0) is 0 Å². The Bertz CT molecular complexity index is 526. The summed E-state index contributed by atoms with van der Waals surface area (Å²) in [6.45, 7) is 4.14. The van der Waals surface area contributed by atoms with E-state index in [0.717, 1.165) is 17.3 Å². The van der Waals surface area contributed by atoms with E-state index < -0.39 is 0 Å². The van der Waals surface area contributed by atoms with E-state index in [0.29, 0.717) is 5.71 Å². The monoisotopic (exact) mass is 260 g/mol. The lowest BCUT2D eigenvalue weighted by Gasteiger charge is -2.19. The Kier molecular flexibility index (Phi) is 3.93. The lowest BCUT2D eigenvalue weighted by molar-refractivity contribution is 0.320. The molecule has 1 N–H and O–H groups in total. The molecule has 0 radical (unpaired) electrons. The lowest BCUT2D eigenvalue weighted by atomic mass is 9.95. The highest BCUT2D eigenvalue weighted by molar-refractivity contribution is 7.27. The van der Waals surface area contributed by atoms with Gasteiger partial charge in [0.25, 0.3) is 0 Å². The van der Waals surface area contributed by atoms with Crippen molar-refractivity contribution in [3.8, 4) is 0 Å². The zero-order chi connectivity index (χ0) is 13.1. The van der Waals surface area contributed by atoms with Crippen LogP contribution < -0.4 is 5.30 Å². The Morgan fingerprint density at radius 1 is 1.44 bits per heavy atom. The van der Waals surface area contributed by atoms with Crippen molar-refractivity contribution in [3.63, 3.8) is 0 Å². The zero-order valence-corrected chi connectivity index (χ0v) is 11.7. The van der Waals surface area contributed by atoms with E-state index in [1.807, 2.05) is 13.0 Å². The quantitative estimate of drug-likeness (QED) is 0.496. The first-order valence-corrected chi connectivity index (χ1v) is 6.56. The number of dihydropyridines is 1. The van der Waals surface area contributed by atoms with Gasteiger partial charge in [-0.05, 0) is 35.3 Å². The maximum atomic E-state index is 8.91. The van der Waals surface area contributed by atoms with Crippen LogP contribution in [-0.4, -0.2) is 17.1 Å². The molecule has 94 valence electrons. The first-order chi connectivity index (χ1) is 8.67. The number of rotatable bonds is 2. The standard InChI is InChI=1S/C14H17N2OP/c1-3-10-7-11(15-8-12(10)16-17)14-9(2)5-4-6-13(14)18/h4-8,11,17H,3,18H2,1-2H3/b16-12-. The van der Waals surface area contributed by atoms with Crippen molar-refractivity contribution in [3.05, 3.63) is 41.0 Å². The molecule has 2 unspecified atom stereocenters. The fourth-order valence-electron chi connectivity index (χ4n) is 2.21. The highest BCUT2D eigenvalue weighted by Gasteiger charge is 2.18. The van der Waals surface area contributed by atoms with Crippen LogP contribution in [0.1, 0.15) is 30.5 Å². The second-order valence-corrected chi connectivity index (χ2v) is 4.95. The molecule has 0 bridgehead atoms. The molecule has 0 fully saturated rings. The zero-order valence-electron chi connectivity index (χ0n) is 10.6. The normalized spacial score (nSPS) is 21.2. The minimum absolute atomic E-state index is 0.0131. The molecule has 3 nitrogen and oxygen atoms in total. The lowest BCUT2D eigenvalue weighted by Crippen LogP contribution is -2.16. The second-order valence-electron chi connectivity index (χ2n) is 4.33. The summed E-state index contributed by atoms with van der Waals surface area (Å²) < 4.78 is 0. The molecule has 0 amide bonds. The predicted octanol–water partition coefficient (Wildman–Crippen LogP) is 2.79. The largest absolute Gasteiger partial charge is 0.410 e. The summed E-state index contributed by atoms with van der Waals surface area (Å²) in [6.07, 6.45) is 4.56. The fraction of sp³-hybridized carbons (Fsp3) is 0.286. The summed E-state index contributed by atoms with van der Waals surface area (Å²) in [6, 6.07) is 6.21. The van der Waals surface area contributed by atoms with E-state index in [9.17, 15) is 0 Å². The van der Waals surface area contributed by atoms with Crippen LogP contribution >= 0.6 is 9.24 Å². The molecule has 0 aliphatic carbocycles. The minimum atomic E-state index is 0.0131. The van der Waals surface area contributed by atoms with Crippen molar-refractivity contribution in [2.75, 3.05) is 0 Å². The smallest absolute Gasteiger partial charge is 0.123 e. The van der Waals surface area contributed by atoms with Gasteiger partial charge < -0.3 is 5.21 Å². The molecule has 1 aliphatic rings. The van der Waals surface area contributed by atoms with E-state index in [1.54, 1.807) is 6.21 Å². The molecular formula is C14H17N2OP. The van der Waals surface area contributed by atoms with E-state index >= 15 is 0 Å². The summed E-state index contributed by atoms with van der Waals surface area (Å²) in [7, 11) is 2.76. The Hall–Kier alpha value is -1.47. The summed E-state index contributed by atoms with van der Waals surface area (Å²) in [5, 5.41) is 13.3. The molecule has 0 saturated heterocycles. The van der Waals surface area contributed by atoms with Crippen molar-refractivity contribution < 1.29 is 5.21 Å². The van der Waals surface area contributed by atoms with E-state index in [2.05, 4.69) is 44.5 Å². The molecule has 1 aromatic rings.